The Hall–Kier alpha value is -3.53. The smallest absolute Gasteiger partial charge is 0.251 e. The van der Waals surface area contributed by atoms with Gasteiger partial charge in [0.1, 0.15) is 0 Å². The summed E-state index contributed by atoms with van der Waals surface area (Å²) in [5, 5.41) is 14.8. The molecule has 2 N–H and O–H groups in total. The van der Waals surface area contributed by atoms with Crippen molar-refractivity contribution in [2.45, 2.75) is 39.0 Å². The van der Waals surface area contributed by atoms with Crippen LogP contribution >= 0.6 is 11.8 Å². The maximum absolute atomic E-state index is 12.5. The van der Waals surface area contributed by atoms with Crippen LogP contribution in [-0.4, -0.2) is 39.1 Å². The Balaban J connectivity index is 1.34. The van der Waals surface area contributed by atoms with Gasteiger partial charge in [-0.3, -0.25) is 9.59 Å². The topological polar surface area (TPSA) is 107 Å². The van der Waals surface area contributed by atoms with Gasteiger partial charge in [0, 0.05) is 17.8 Å². The van der Waals surface area contributed by atoms with Crippen LogP contribution in [0.25, 0.3) is 0 Å². The standard InChI is InChI=1S/C23H25N5O4S/c1-4-28-20(11-24-22(30)16-7-8-18-19(10-16)32-13-31-18)26-27-23(28)33-12-21(29)25-17-9-14(2)5-6-15(17)3/h5-10H,4,11-13H2,1-3H3,(H,24,30)(H,25,29). The first kappa shape index (κ1) is 22.7. The summed E-state index contributed by atoms with van der Waals surface area (Å²) in [6.07, 6.45) is 0. The van der Waals surface area contributed by atoms with Crippen LogP contribution in [0.15, 0.2) is 41.6 Å². The van der Waals surface area contributed by atoms with Crippen LogP contribution in [0.4, 0.5) is 5.69 Å². The molecule has 0 bridgehead atoms. The van der Waals surface area contributed by atoms with Crippen molar-refractivity contribution < 1.29 is 19.1 Å². The molecule has 0 saturated heterocycles. The number of aryl methyl sites for hydroxylation is 2. The number of ether oxygens (including phenoxy) is 2. The highest BCUT2D eigenvalue weighted by atomic mass is 32.2. The van der Waals surface area contributed by atoms with E-state index in [1.54, 1.807) is 18.2 Å². The predicted molar refractivity (Wildman–Crippen MR) is 125 cm³/mol. The van der Waals surface area contributed by atoms with Crippen molar-refractivity contribution in [3.05, 3.63) is 58.9 Å². The molecule has 2 aromatic carbocycles. The number of nitrogens with zero attached hydrogens (tertiary/aromatic N) is 3. The number of benzene rings is 2. The van der Waals surface area contributed by atoms with Crippen LogP contribution in [0.5, 0.6) is 11.5 Å². The van der Waals surface area contributed by atoms with E-state index in [1.807, 2.05) is 43.5 Å². The number of anilines is 1. The minimum Gasteiger partial charge on any atom is -0.454 e. The number of fused-ring (bicyclic) bond motifs is 1. The first-order valence-electron chi connectivity index (χ1n) is 10.5. The molecule has 0 unspecified atom stereocenters. The average Bonchev–Trinajstić information content (AvgIpc) is 3.44. The molecule has 4 rings (SSSR count). The first-order chi connectivity index (χ1) is 15.9. The number of rotatable bonds is 8. The van der Waals surface area contributed by atoms with Crippen LogP contribution in [0.3, 0.4) is 0 Å². The van der Waals surface area contributed by atoms with E-state index < -0.39 is 0 Å². The SMILES string of the molecule is CCn1c(CNC(=O)c2ccc3c(c2)OCO3)nnc1SCC(=O)Nc1cc(C)ccc1C. The van der Waals surface area contributed by atoms with Crippen molar-refractivity contribution in [2.24, 2.45) is 0 Å². The molecule has 1 aromatic heterocycles. The minimum atomic E-state index is -0.249. The van der Waals surface area contributed by atoms with Crippen molar-refractivity contribution in [3.8, 4) is 11.5 Å². The first-order valence-corrected chi connectivity index (χ1v) is 11.5. The Bertz CT molecular complexity index is 1190. The fourth-order valence-electron chi connectivity index (χ4n) is 3.36. The Morgan fingerprint density at radius 2 is 1.91 bits per heavy atom. The normalized spacial score (nSPS) is 12.0. The van der Waals surface area contributed by atoms with Gasteiger partial charge in [0.25, 0.3) is 5.91 Å². The van der Waals surface area contributed by atoms with Gasteiger partial charge in [-0.1, -0.05) is 23.9 Å². The Kier molecular flexibility index (Phi) is 6.83. The van der Waals surface area contributed by atoms with Gasteiger partial charge in [0.15, 0.2) is 22.5 Å². The van der Waals surface area contributed by atoms with Crippen molar-refractivity contribution in [1.82, 2.24) is 20.1 Å². The molecule has 0 atom stereocenters. The molecule has 0 fully saturated rings. The van der Waals surface area contributed by atoms with Gasteiger partial charge >= 0.3 is 0 Å². The number of hydrogen-bond donors (Lipinski definition) is 2. The van der Waals surface area contributed by atoms with Gasteiger partial charge in [-0.05, 0) is 56.2 Å². The Labute approximate surface area is 195 Å². The molecule has 172 valence electrons. The molecule has 0 aliphatic carbocycles. The molecule has 0 spiro atoms. The molecule has 1 aliphatic rings. The zero-order valence-corrected chi connectivity index (χ0v) is 19.5. The summed E-state index contributed by atoms with van der Waals surface area (Å²) in [5.74, 6) is 1.63. The van der Waals surface area contributed by atoms with Crippen molar-refractivity contribution >= 4 is 29.3 Å². The lowest BCUT2D eigenvalue weighted by atomic mass is 10.1. The van der Waals surface area contributed by atoms with Gasteiger partial charge < -0.3 is 24.7 Å². The second-order valence-electron chi connectivity index (χ2n) is 7.55. The van der Waals surface area contributed by atoms with Crippen molar-refractivity contribution in [3.63, 3.8) is 0 Å². The molecule has 9 nitrogen and oxygen atoms in total. The van der Waals surface area contributed by atoms with E-state index in [1.165, 1.54) is 11.8 Å². The molecule has 0 saturated carbocycles. The van der Waals surface area contributed by atoms with Crippen LogP contribution in [0.2, 0.25) is 0 Å². The summed E-state index contributed by atoms with van der Waals surface area (Å²) in [4.78, 5) is 25.0. The van der Waals surface area contributed by atoms with Gasteiger partial charge in [-0.15, -0.1) is 10.2 Å². The molecule has 1 aliphatic heterocycles. The molecule has 33 heavy (non-hydrogen) atoms. The molecule has 10 heteroatoms. The summed E-state index contributed by atoms with van der Waals surface area (Å²) in [6.45, 7) is 6.89. The summed E-state index contributed by atoms with van der Waals surface area (Å²) < 4.78 is 12.5. The number of amides is 2. The zero-order valence-electron chi connectivity index (χ0n) is 18.7. The van der Waals surface area contributed by atoms with Crippen LogP contribution in [0, 0.1) is 13.8 Å². The second kappa shape index (κ2) is 9.95. The number of carbonyl (C=O) groups is 2. The highest BCUT2D eigenvalue weighted by Gasteiger charge is 2.18. The number of carbonyl (C=O) groups excluding carboxylic acids is 2. The Morgan fingerprint density at radius 3 is 2.73 bits per heavy atom. The molecule has 2 heterocycles. The molecular weight excluding hydrogens is 442 g/mol. The molecule has 2 amide bonds. The molecule has 3 aromatic rings. The average molecular weight is 468 g/mol. The summed E-state index contributed by atoms with van der Waals surface area (Å²) in [6, 6.07) is 11.0. The van der Waals surface area contributed by atoms with E-state index in [-0.39, 0.29) is 30.9 Å². The van der Waals surface area contributed by atoms with Crippen molar-refractivity contribution in [1.29, 1.82) is 0 Å². The van der Waals surface area contributed by atoms with Gasteiger partial charge in [-0.25, -0.2) is 0 Å². The van der Waals surface area contributed by atoms with E-state index in [0.29, 0.717) is 34.6 Å². The lowest BCUT2D eigenvalue weighted by Gasteiger charge is -2.10. The summed E-state index contributed by atoms with van der Waals surface area (Å²) in [7, 11) is 0. The third-order valence-electron chi connectivity index (χ3n) is 5.15. The monoisotopic (exact) mass is 467 g/mol. The number of thioether (sulfide) groups is 1. The highest BCUT2D eigenvalue weighted by Crippen LogP contribution is 2.32. The van der Waals surface area contributed by atoms with Gasteiger partial charge in [-0.2, -0.15) is 0 Å². The number of nitrogens with one attached hydrogen (secondary N) is 2. The van der Waals surface area contributed by atoms with Crippen LogP contribution in [-0.2, 0) is 17.9 Å². The lowest BCUT2D eigenvalue weighted by molar-refractivity contribution is -0.113. The van der Waals surface area contributed by atoms with Crippen LogP contribution < -0.4 is 20.1 Å². The maximum Gasteiger partial charge on any atom is 0.251 e. The maximum atomic E-state index is 12.5. The quantitative estimate of drug-likeness (QED) is 0.490. The number of aromatic nitrogens is 3. The highest BCUT2D eigenvalue weighted by molar-refractivity contribution is 7.99. The van der Waals surface area contributed by atoms with E-state index in [0.717, 1.165) is 16.8 Å². The summed E-state index contributed by atoms with van der Waals surface area (Å²) >= 11 is 1.31. The summed E-state index contributed by atoms with van der Waals surface area (Å²) in [5.41, 5.74) is 3.38. The second-order valence-corrected chi connectivity index (χ2v) is 8.49. The van der Waals surface area contributed by atoms with Gasteiger partial charge in [0.05, 0.1) is 12.3 Å². The van der Waals surface area contributed by atoms with E-state index in [9.17, 15) is 9.59 Å². The fourth-order valence-corrected chi connectivity index (χ4v) is 4.18. The lowest BCUT2D eigenvalue weighted by Crippen LogP contribution is -2.24. The predicted octanol–water partition coefficient (Wildman–Crippen LogP) is 3.30. The molecular formula is C23H25N5O4S. The molecule has 0 radical (unpaired) electrons. The van der Waals surface area contributed by atoms with E-state index in [4.69, 9.17) is 9.47 Å². The van der Waals surface area contributed by atoms with Crippen molar-refractivity contribution in [2.75, 3.05) is 17.9 Å². The Morgan fingerprint density at radius 1 is 1.09 bits per heavy atom. The van der Waals surface area contributed by atoms with Gasteiger partial charge in [0.2, 0.25) is 12.7 Å². The van der Waals surface area contributed by atoms with E-state index >= 15 is 0 Å². The van der Waals surface area contributed by atoms with E-state index in [2.05, 4.69) is 20.8 Å². The fraction of sp³-hybridized carbons (Fsp3) is 0.304. The zero-order chi connectivity index (χ0) is 23.4. The largest absolute Gasteiger partial charge is 0.454 e. The third-order valence-corrected chi connectivity index (χ3v) is 6.12. The van der Waals surface area contributed by atoms with Crippen LogP contribution in [0.1, 0.15) is 34.2 Å². The third kappa shape index (κ3) is 5.28. The minimum absolute atomic E-state index is 0.114. The number of hydrogen-bond acceptors (Lipinski definition) is 7.